The van der Waals surface area contributed by atoms with Crippen LogP contribution in [0.2, 0.25) is 0 Å². The van der Waals surface area contributed by atoms with Crippen molar-refractivity contribution in [1.29, 1.82) is 0 Å². The molecule has 0 aliphatic rings. The zero-order valence-electron chi connectivity index (χ0n) is 7.08. The van der Waals surface area contributed by atoms with E-state index in [0.717, 1.165) is 0 Å². The standard InChI is InChI=1S/C5H12.C2H6.Y/c1-5(2,3)4;1-2;/h1-4H3;1-2H3;. The molecule has 0 nitrogen and oxygen atoms in total. The Bertz CT molecular complexity index is 19.9. The van der Waals surface area contributed by atoms with Gasteiger partial charge in [0, 0.05) is 32.7 Å². The van der Waals surface area contributed by atoms with Gasteiger partial charge < -0.3 is 0 Å². The van der Waals surface area contributed by atoms with Gasteiger partial charge in [-0.05, 0) is 5.41 Å². The second-order valence-corrected chi connectivity index (χ2v) is 3.00. The fourth-order valence-corrected chi connectivity index (χ4v) is 0. The van der Waals surface area contributed by atoms with Gasteiger partial charge in [-0.15, -0.1) is 0 Å². The smallest absolute Gasteiger partial charge is 0 e. The molecule has 0 atom stereocenters. The van der Waals surface area contributed by atoms with E-state index >= 15 is 0 Å². The minimum atomic E-state index is 0. The Morgan fingerprint density at radius 2 is 0.750 bits per heavy atom. The summed E-state index contributed by atoms with van der Waals surface area (Å²) in [6.45, 7) is 12.8. The van der Waals surface area contributed by atoms with Crippen molar-refractivity contribution < 1.29 is 32.7 Å². The second kappa shape index (κ2) is 8.10. The maximum Gasteiger partial charge on any atom is 0 e. The Morgan fingerprint density at radius 3 is 0.750 bits per heavy atom. The third-order valence-corrected chi connectivity index (χ3v) is 0. The molecule has 0 bridgehead atoms. The Hall–Kier alpha value is 1.10. The molecule has 8 heavy (non-hydrogen) atoms. The largest absolute Gasteiger partial charge is 0.0683 e. The first-order valence-electron chi connectivity index (χ1n) is 3.00. The van der Waals surface area contributed by atoms with Crippen LogP contribution in [-0.2, 0) is 32.7 Å². The van der Waals surface area contributed by atoms with Gasteiger partial charge in [0.25, 0.3) is 0 Å². The average Bonchev–Trinajstić information content (AvgIpc) is 1.36. The van der Waals surface area contributed by atoms with E-state index in [1.54, 1.807) is 0 Å². The first-order valence-corrected chi connectivity index (χ1v) is 3.00. The summed E-state index contributed by atoms with van der Waals surface area (Å²) in [5, 5.41) is 0. The summed E-state index contributed by atoms with van der Waals surface area (Å²) in [5.41, 5.74) is 0.500. The van der Waals surface area contributed by atoms with Crippen molar-refractivity contribution in [1.82, 2.24) is 0 Å². The summed E-state index contributed by atoms with van der Waals surface area (Å²) in [6.07, 6.45) is 0. The van der Waals surface area contributed by atoms with Crippen molar-refractivity contribution in [2.24, 2.45) is 5.41 Å². The van der Waals surface area contributed by atoms with E-state index in [1.165, 1.54) is 0 Å². The van der Waals surface area contributed by atoms with Crippen molar-refractivity contribution in [3.05, 3.63) is 0 Å². The van der Waals surface area contributed by atoms with E-state index in [0.29, 0.717) is 5.41 Å². The predicted octanol–water partition coefficient (Wildman–Crippen LogP) is 3.08. The van der Waals surface area contributed by atoms with E-state index < -0.39 is 0 Å². The minimum Gasteiger partial charge on any atom is -0.0683 e. The monoisotopic (exact) mass is 191 g/mol. The fourth-order valence-electron chi connectivity index (χ4n) is 0. The van der Waals surface area contributed by atoms with Crippen LogP contribution in [0.15, 0.2) is 0 Å². The molecule has 0 aromatic heterocycles. The van der Waals surface area contributed by atoms with Crippen molar-refractivity contribution in [2.45, 2.75) is 41.5 Å². The van der Waals surface area contributed by atoms with Gasteiger partial charge in [-0.3, -0.25) is 0 Å². The number of hydrogen-bond acceptors (Lipinski definition) is 0. The summed E-state index contributed by atoms with van der Waals surface area (Å²) in [7, 11) is 0. The molecule has 0 saturated heterocycles. The van der Waals surface area contributed by atoms with Crippen LogP contribution in [0.4, 0.5) is 0 Å². The fraction of sp³-hybridized carbons (Fsp3) is 1.00. The molecule has 0 fully saturated rings. The molecule has 1 radical (unpaired) electrons. The predicted molar refractivity (Wildman–Crippen MR) is 36.5 cm³/mol. The molecule has 0 unspecified atom stereocenters. The van der Waals surface area contributed by atoms with Gasteiger partial charge in [0.2, 0.25) is 0 Å². The van der Waals surface area contributed by atoms with E-state index in [-0.39, 0.29) is 32.7 Å². The molecule has 0 spiro atoms. The average molecular weight is 191 g/mol. The third-order valence-electron chi connectivity index (χ3n) is 0. The first kappa shape index (κ1) is 16.0. The van der Waals surface area contributed by atoms with Gasteiger partial charge in [-0.2, -0.15) is 0 Å². The minimum absolute atomic E-state index is 0. The van der Waals surface area contributed by atoms with E-state index in [1.807, 2.05) is 13.8 Å². The van der Waals surface area contributed by atoms with Gasteiger partial charge in [-0.1, -0.05) is 41.5 Å². The van der Waals surface area contributed by atoms with Crippen LogP contribution in [0.5, 0.6) is 0 Å². The van der Waals surface area contributed by atoms with Crippen molar-refractivity contribution in [3.63, 3.8) is 0 Å². The molecule has 0 heterocycles. The van der Waals surface area contributed by atoms with Crippen LogP contribution in [0.3, 0.4) is 0 Å². The quantitative estimate of drug-likeness (QED) is 0.552. The summed E-state index contributed by atoms with van der Waals surface area (Å²) in [6, 6.07) is 0. The normalized spacial score (nSPS) is 8.25. The van der Waals surface area contributed by atoms with E-state index in [9.17, 15) is 0 Å². The third kappa shape index (κ3) is 217. The molecule has 0 rings (SSSR count). The van der Waals surface area contributed by atoms with Crippen molar-refractivity contribution in [2.75, 3.05) is 0 Å². The zero-order valence-corrected chi connectivity index (χ0v) is 9.92. The Morgan fingerprint density at radius 1 is 0.750 bits per heavy atom. The summed E-state index contributed by atoms with van der Waals surface area (Å²) < 4.78 is 0. The summed E-state index contributed by atoms with van der Waals surface area (Å²) in [5.74, 6) is 0. The van der Waals surface area contributed by atoms with Crippen LogP contribution >= 0.6 is 0 Å². The molecule has 0 aliphatic heterocycles. The molecule has 1 heteroatoms. The second-order valence-electron chi connectivity index (χ2n) is 3.00. The molecular formula is C7H18Y. The van der Waals surface area contributed by atoms with E-state index in [2.05, 4.69) is 27.7 Å². The Labute approximate surface area is 79.3 Å². The van der Waals surface area contributed by atoms with Crippen molar-refractivity contribution >= 4 is 0 Å². The van der Waals surface area contributed by atoms with Gasteiger partial charge in [0.1, 0.15) is 0 Å². The Kier molecular flexibility index (Phi) is 16.3. The van der Waals surface area contributed by atoms with Crippen LogP contribution < -0.4 is 0 Å². The maximum absolute atomic E-state index is 2.19. The zero-order chi connectivity index (χ0) is 6.50. The van der Waals surface area contributed by atoms with Crippen LogP contribution in [0.1, 0.15) is 41.5 Å². The van der Waals surface area contributed by atoms with Gasteiger partial charge in [-0.25, -0.2) is 0 Å². The SMILES string of the molecule is CC.CC(C)(C)C.[Y]. The summed E-state index contributed by atoms with van der Waals surface area (Å²) >= 11 is 0. The molecule has 0 aromatic carbocycles. The topological polar surface area (TPSA) is 0 Å². The summed E-state index contributed by atoms with van der Waals surface area (Å²) in [4.78, 5) is 0. The number of rotatable bonds is 0. The molecule has 0 amide bonds. The first-order chi connectivity index (χ1) is 3.00. The maximum atomic E-state index is 2.19. The van der Waals surface area contributed by atoms with Crippen LogP contribution in [0, 0.1) is 5.41 Å². The molecule has 49 valence electrons. The molecule has 0 aliphatic carbocycles. The molecular weight excluding hydrogens is 173 g/mol. The van der Waals surface area contributed by atoms with Gasteiger partial charge in [0.05, 0.1) is 0 Å². The van der Waals surface area contributed by atoms with Gasteiger partial charge >= 0.3 is 0 Å². The molecule has 0 saturated carbocycles. The van der Waals surface area contributed by atoms with Crippen LogP contribution in [0.25, 0.3) is 0 Å². The number of hydrogen-bond donors (Lipinski definition) is 0. The van der Waals surface area contributed by atoms with E-state index in [4.69, 9.17) is 0 Å². The molecule has 0 N–H and O–H groups in total. The van der Waals surface area contributed by atoms with Gasteiger partial charge in [0.15, 0.2) is 0 Å². The van der Waals surface area contributed by atoms with Crippen molar-refractivity contribution in [3.8, 4) is 0 Å². The van der Waals surface area contributed by atoms with Crippen LogP contribution in [-0.4, -0.2) is 0 Å². The Balaban J connectivity index is -0.0000000750. The molecule has 0 aromatic rings.